The molecule has 6 heteroatoms. The molecule has 0 saturated heterocycles. The predicted molar refractivity (Wildman–Crippen MR) is 113 cm³/mol. The molecule has 0 saturated carbocycles. The molecular formula is C23H23N5O. The van der Waals surface area contributed by atoms with E-state index < -0.39 is 5.41 Å². The van der Waals surface area contributed by atoms with Crippen molar-refractivity contribution in [1.29, 1.82) is 0 Å². The van der Waals surface area contributed by atoms with Crippen molar-refractivity contribution in [3.8, 4) is 22.6 Å². The van der Waals surface area contributed by atoms with E-state index in [-0.39, 0.29) is 11.9 Å². The van der Waals surface area contributed by atoms with Gasteiger partial charge in [-0.15, -0.1) is 0 Å². The molecular weight excluding hydrogens is 362 g/mol. The third kappa shape index (κ3) is 3.49. The fourth-order valence-corrected chi connectivity index (χ4v) is 3.35. The van der Waals surface area contributed by atoms with Crippen LogP contribution in [0.25, 0.3) is 22.6 Å². The maximum atomic E-state index is 5.58. The Bertz CT molecular complexity index is 1090. The minimum atomic E-state index is -0.396. The van der Waals surface area contributed by atoms with Crippen LogP contribution in [-0.2, 0) is 5.41 Å². The monoisotopic (exact) mass is 385 g/mol. The minimum Gasteiger partial charge on any atom is -0.368 e. The largest absolute Gasteiger partial charge is 0.368 e. The van der Waals surface area contributed by atoms with Crippen LogP contribution in [0.4, 0.5) is 5.95 Å². The molecule has 0 fully saturated rings. The zero-order valence-electron chi connectivity index (χ0n) is 16.7. The zero-order valence-corrected chi connectivity index (χ0v) is 16.7. The fourth-order valence-electron chi connectivity index (χ4n) is 3.35. The van der Waals surface area contributed by atoms with Gasteiger partial charge in [0, 0.05) is 23.5 Å². The maximum absolute atomic E-state index is 5.58. The average molecular weight is 385 g/mol. The van der Waals surface area contributed by atoms with Crippen molar-refractivity contribution in [3.05, 3.63) is 78.4 Å². The first-order valence-electron chi connectivity index (χ1n) is 9.56. The van der Waals surface area contributed by atoms with E-state index in [0.29, 0.717) is 11.7 Å². The molecule has 2 N–H and O–H groups in total. The van der Waals surface area contributed by atoms with Crippen molar-refractivity contribution in [3.63, 3.8) is 0 Å². The van der Waals surface area contributed by atoms with Crippen molar-refractivity contribution >= 4 is 5.95 Å². The van der Waals surface area contributed by atoms with Gasteiger partial charge in [-0.1, -0.05) is 61.5 Å². The highest BCUT2D eigenvalue weighted by atomic mass is 16.5. The fraction of sp³-hybridized carbons (Fsp3) is 0.217. The Kier molecular flexibility index (Phi) is 4.84. The standard InChI is InChI=1S/C23H23N5O/c1-15(2)23(3,21-27-20(29-28-21)17-7-5-4-6-8-17)19-11-9-16(10-12-19)18-13-25-22(24)26-14-18/h4-15H,1-3H3,(H2,24,25,26). The minimum absolute atomic E-state index is 0.259. The summed E-state index contributed by atoms with van der Waals surface area (Å²) in [5.74, 6) is 1.73. The van der Waals surface area contributed by atoms with Gasteiger partial charge in [-0.25, -0.2) is 9.97 Å². The first kappa shape index (κ1) is 18.8. The average Bonchev–Trinajstić information content (AvgIpc) is 3.25. The highest BCUT2D eigenvalue weighted by Gasteiger charge is 2.37. The normalized spacial score (nSPS) is 13.4. The zero-order chi connectivity index (χ0) is 20.4. The third-order valence-electron chi connectivity index (χ3n) is 5.56. The second kappa shape index (κ2) is 7.47. The molecule has 2 heterocycles. The lowest BCUT2D eigenvalue weighted by Crippen LogP contribution is -2.31. The molecule has 146 valence electrons. The molecule has 2 aromatic carbocycles. The number of nitrogens with zero attached hydrogens (tertiary/aromatic N) is 4. The smallest absolute Gasteiger partial charge is 0.257 e. The molecule has 0 aliphatic carbocycles. The van der Waals surface area contributed by atoms with E-state index in [2.05, 4.69) is 60.2 Å². The molecule has 29 heavy (non-hydrogen) atoms. The molecule has 1 atom stereocenters. The molecule has 2 aromatic heterocycles. The lowest BCUT2D eigenvalue weighted by atomic mass is 9.72. The Morgan fingerprint density at radius 2 is 1.52 bits per heavy atom. The Morgan fingerprint density at radius 3 is 2.14 bits per heavy atom. The molecule has 0 spiro atoms. The van der Waals surface area contributed by atoms with E-state index in [1.807, 2.05) is 30.3 Å². The van der Waals surface area contributed by atoms with E-state index in [1.54, 1.807) is 12.4 Å². The Labute approximate surface area is 169 Å². The van der Waals surface area contributed by atoms with Crippen LogP contribution in [0, 0.1) is 5.92 Å². The van der Waals surface area contributed by atoms with Crippen molar-refractivity contribution < 1.29 is 4.52 Å². The number of benzene rings is 2. The number of hydrogen-bond acceptors (Lipinski definition) is 6. The van der Waals surface area contributed by atoms with Crippen LogP contribution in [0.2, 0.25) is 0 Å². The summed E-state index contributed by atoms with van der Waals surface area (Å²) in [5.41, 5.74) is 9.16. The van der Waals surface area contributed by atoms with E-state index in [4.69, 9.17) is 15.2 Å². The molecule has 0 bridgehead atoms. The summed E-state index contributed by atoms with van der Waals surface area (Å²) in [6.45, 7) is 6.49. The summed E-state index contributed by atoms with van der Waals surface area (Å²) in [7, 11) is 0. The van der Waals surface area contributed by atoms with E-state index in [1.165, 1.54) is 0 Å². The summed E-state index contributed by atoms with van der Waals surface area (Å²) < 4.78 is 5.58. The molecule has 0 radical (unpaired) electrons. The van der Waals surface area contributed by atoms with Gasteiger partial charge in [0.1, 0.15) is 0 Å². The Balaban J connectivity index is 1.70. The molecule has 6 nitrogen and oxygen atoms in total. The van der Waals surface area contributed by atoms with Crippen molar-refractivity contribution in [2.45, 2.75) is 26.2 Å². The topological polar surface area (TPSA) is 90.7 Å². The van der Waals surface area contributed by atoms with Gasteiger partial charge < -0.3 is 10.3 Å². The molecule has 4 rings (SSSR count). The highest BCUT2D eigenvalue weighted by molar-refractivity contribution is 5.62. The second-order valence-corrected chi connectivity index (χ2v) is 7.55. The Morgan fingerprint density at radius 1 is 0.862 bits per heavy atom. The Hall–Kier alpha value is -3.54. The summed E-state index contributed by atoms with van der Waals surface area (Å²) in [4.78, 5) is 12.9. The van der Waals surface area contributed by atoms with E-state index in [0.717, 1.165) is 22.3 Å². The van der Waals surface area contributed by atoms with Gasteiger partial charge in [0.15, 0.2) is 5.82 Å². The van der Waals surface area contributed by atoms with Crippen LogP contribution in [0.15, 0.2) is 71.5 Å². The summed E-state index contributed by atoms with van der Waals surface area (Å²) in [5, 5.41) is 4.33. The second-order valence-electron chi connectivity index (χ2n) is 7.55. The quantitative estimate of drug-likeness (QED) is 0.534. The van der Waals surface area contributed by atoms with E-state index in [9.17, 15) is 0 Å². The van der Waals surface area contributed by atoms with Gasteiger partial charge in [-0.05, 0) is 36.1 Å². The molecule has 4 aromatic rings. The maximum Gasteiger partial charge on any atom is 0.257 e. The lowest BCUT2D eigenvalue weighted by molar-refractivity contribution is 0.351. The number of aromatic nitrogens is 4. The lowest BCUT2D eigenvalue weighted by Gasteiger charge is -2.31. The molecule has 1 unspecified atom stereocenters. The van der Waals surface area contributed by atoms with Crippen molar-refractivity contribution in [2.75, 3.05) is 5.73 Å². The van der Waals surface area contributed by atoms with Gasteiger partial charge in [0.2, 0.25) is 5.95 Å². The summed E-state index contributed by atoms with van der Waals surface area (Å²) in [6, 6.07) is 18.1. The van der Waals surface area contributed by atoms with Gasteiger partial charge >= 0.3 is 0 Å². The molecule has 0 aliphatic rings. The van der Waals surface area contributed by atoms with Gasteiger partial charge in [-0.3, -0.25) is 0 Å². The predicted octanol–water partition coefficient (Wildman–Crippen LogP) is 4.74. The van der Waals surface area contributed by atoms with E-state index >= 15 is 0 Å². The summed E-state index contributed by atoms with van der Waals surface area (Å²) >= 11 is 0. The SMILES string of the molecule is CC(C)C(C)(c1ccc(-c2cnc(N)nc2)cc1)c1noc(-c2ccccc2)n1. The van der Waals surface area contributed by atoms with Gasteiger partial charge in [0.25, 0.3) is 5.89 Å². The van der Waals surface area contributed by atoms with Crippen molar-refractivity contribution in [2.24, 2.45) is 5.92 Å². The van der Waals surface area contributed by atoms with Crippen LogP contribution >= 0.6 is 0 Å². The third-order valence-corrected chi connectivity index (χ3v) is 5.56. The first-order valence-corrected chi connectivity index (χ1v) is 9.56. The highest BCUT2D eigenvalue weighted by Crippen LogP contribution is 2.38. The molecule has 0 amide bonds. The number of rotatable bonds is 5. The molecule has 0 aliphatic heterocycles. The van der Waals surface area contributed by atoms with Crippen LogP contribution in [0.1, 0.15) is 32.2 Å². The van der Waals surface area contributed by atoms with Crippen LogP contribution in [0.3, 0.4) is 0 Å². The van der Waals surface area contributed by atoms with Crippen molar-refractivity contribution in [1.82, 2.24) is 20.1 Å². The van der Waals surface area contributed by atoms with Gasteiger partial charge in [-0.2, -0.15) is 4.98 Å². The number of nitrogens with two attached hydrogens (primary N) is 1. The van der Waals surface area contributed by atoms with Crippen LogP contribution in [-0.4, -0.2) is 20.1 Å². The van der Waals surface area contributed by atoms with Gasteiger partial charge in [0.05, 0.1) is 5.41 Å². The van der Waals surface area contributed by atoms with Crippen LogP contribution in [0.5, 0.6) is 0 Å². The first-order chi connectivity index (χ1) is 14.0. The number of nitrogen functional groups attached to an aromatic ring is 1. The number of hydrogen-bond donors (Lipinski definition) is 1. The van der Waals surface area contributed by atoms with Crippen LogP contribution < -0.4 is 5.73 Å². The summed E-state index contributed by atoms with van der Waals surface area (Å²) in [6.07, 6.45) is 3.45. The number of anilines is 1.